The third kappa shape index (κ3) is 3.39. The van der Waals surface area contributed by atoms with Gasteiger partial charge in [-0.1, -0.05) is 18.5 Å². The predicted molar refractivity (Wildman–Crippen MR) is 76.5 cm³/mol. The molecule has 0 aliphatic carbocycles. The lowest BCUT2D eigenvalue weighted by Crippen LogP contribution is -2.13. The van der Waals surface area contributed by atoms with Crippen LogP contribution in [-0.2, 0) is 13.1 Å². The number of nitrogens with one attached hydrogen (secondary N) is 1. The van der Waals surface area contributed by atoms with Gasteiger partial charge in [-0.15, -0.1) is 0 Å². The first-order chi connectivity index (χ1) is 9.11. The number of nitrogens with zero attached hydrogens (tertiary/aromatic N) is 2. The van der Waals surface area contributed by atoms with Crippen LogP contribution in [0.1, 0.15) is 36.1 Å². The van der Waals surface area contributed by atoms with Crippen molar-refractivity contribution in [1.29, 1.82) is 0 Å². The SMILES string of the molecule is CCCNCc1cc(Cn2ncc(Cl)c2C)oc1C. The zero-order valence-electron chi connectivity index (χ0n) is 11.7. The molecule has 0 fully saturated rings. The lowest BCUT2D eigenvalue weighted by atomic mass is 10.2. The highest BCUT2D eigenvalue weighted by Gasteiger charge is 2.10. The molecule has 104 valence electrons. The minimum Gasteiger partial charge on any atom is -0.464 e. The number of rotatable bonds is 6. The Bertz CT molecular complexity index is 545. The lowest BCUT2D eigenvalue weighted by molar-refractivity contribution is 0.453. The van der Waals surface area contributed by atoms with Crippen LogP contribution in [0.3, 0.4) is 0 Å². The van der Waals surface area contributed by atoms with Gasteiger partial charge in [-0.3, -0.25) is 4.68 Å². The summed E-state index contributed by atoms with van der Waals surface area (Å²) in [6, 6.07) is 2.09. The van der Waals surface area contributed by atoms with Crippen LogP contribution in [0.15, 0.2) is 16.7 Å². The molecule has 0 saturated heterocycles. The molecule has 1 N–H and O–H groups in total. The van der Waals surface area contributed by atoms with Crippen LogP contribution in [0.4, 0.5) is 0 Å². The number of aryl methyl sites for hydroxylation is 1. The summed E-state index contributed by atoms with van der Waals surface area (Å²) in [4.78, 5) is 0. The van der Waals surface area contributed by atoms with E-state index in [1.165, 1.54) is 5.56 Å². The van der Waals surface area contributed by atoms with E-state index in [0.29, 0.717) is 11.6 Å². The highest BCUT2D eigenvalue weighted by Crippen LogP contribution is 2.18. The van der Waals surface area contributed by atoms with Crippen molar-refractivity contribution in [3.05, 3.63) is 40.1 Å². The Morgan fingerprint density at radius 3 is 2.84 bits per heavy atom. The summed E-state index contributed by atoms with van der Waals surface area (Å²) in [6.07, 6.45) is 2.80. The zero-order valence-corrected chi connectivity index (χ0v) is 12.4. The number of aromatic nitrogens is 2. The molecule has 0 spiro atoms. The van der Waals surface area contributed by atoms with E-state index in [-0.39, 0.29) is 0 Å². The van der Waals surface area contributed by atoms with Crippen molar-refractivity contribution in [3.8, 4) is 0 Å². The van der Waals surface area contributed by atoms with Gasteiger partial charge in [0.25, 0.3) is 0 Å². The molecule has 0 atom stereocenters. The fourth-order valence-corrected chi connectivity index (χ4v) is 2.11. The van der Waals surface area contributed by atoms with E-state index in [2.05, 4.69) is 23.4 Å². The van der Waals surface area contributed by atoms with Crippen molar-refractivity contribution in [2.75, 3.05) is 6.54 Å². The van der Waals surface area contributed by atoms with Crippen molar-refractivity contribution in [1.82, 2.24) is 15.1 Å². The van der Waals surface area contributed by atoms with Crippen LogP contribution in [0, 0.1) is 13.8 Å². The summed E-state index contributed by atoms with van der Waals surface area (Å²) >= 11 is 5.99. The normalized spacial score (nSPS) is 11.2. The molecule has 0 aliphatic rings. The van der Waals surface area contributed by atoms with Gasteiger partial charge < -0.3 is 9.73 Å². The van der Waals surface area contributed by atoms with Crippen molar-refractivity contribution in [2.24, 2.45) is 0 Å². The third-order valence-corrected chi connectivity index (χ3v) is 3.53. The van der Waals surface area contributed by atoms with E-state index in [0.717, 1.165) is 36.7 Å². The average Bonchev–Trinajstić information content (AvgIpc) is 2.88. The van der Waals surface area contributed by atoms with E-state index in [1.807, 2.05) is 18.5 Å². The summed E-state index contributed by atoms with van der Waals surface area (Å²) in [5.74, 6) is 1.88. The second-order valence-electron chi connectivity index (χ2n) is 4.71. The Labute approximate surface area is 118 Å². The second kappa shape index (κ2) is 6.26. The quantitative estimate of drug-likeness (QED) is 0.826. The topological polar surface area (TPSA) is 43.0 Å². The van der Waals surface area contributed by atoms with Gasteiger partial charge in [0.2, 0.25) is 0 Å². The standard InChI is InChI=1S/C14H20ClN3O/c1-4-5-16-7-12-6-13(19-11(12)3)9-18-10(2)14(15)8-17-18/h6,8,16H,4-5,7,9H2,1-3H3. The largest absolute Gasteiger partial charge is 0.464 e. The van der Waals surface area contributed by atoms with E-state index in [9.17, 15) is 0 Å². The molecule has 0 aliphatic heterocycles. The summed E-state index contributed by atoms with van der Waals surface area (Å²) < 4.78 is 7.62. The summed E-state index contributed by atoms with van der Waals surface area (Å²) in [7, 11) is 0. The third-order valence-electron chi connectivity index (χ3n) is 3.16. The molecular weight excluding hydrogens is 262 g/mol. The maximum atomic E-state index is 5.99. The molecule has 0 radical (unpaired) electrons. The molecule has 19 heavy (non-hydrogen) atoms. The Morgan fingerprint density at radius 1 is 1.42 bits per heavy atom. The fraction of sp³-hybridized carbons (Fsp3) is 0.500. The van der Waals surface area contributed by atoms with E-state index in [1.54, 1.807) is 6.20 Å². The van der Waals surface area contributed by atoms with Gasteiger partial charge in [-0.25, -0.2) is 0 Å². The van der Waals surface area contributed by atoms with Crippen molar-refractivity contribution >= 4 is 11.6 Å². The van der Waals surface area contributed by atoms with Gasteiger partial charge in [-0.05, 0) is 32.9 Å². The smallest absolute Gasteiger partial charge is 0.125 e. The Kier molecular flexibility index (Phi) is 4.66. The highest BCUT2D eigenvalue weighted by molar-refractivity contribution is 6.31. The fourth-order valence-electron chi connectivity index (χ4n) is 1.97. The second-order valence-corrected chi connectivity index (χ2v) is 5.11. The van der Waals surface area contributed by atoms with Crippen molar-refractivity contribution in [3.63, 3.8) is 0 Å². The molecule has 0 aromatic carbocycles. The molecule has 0 amide bonds. The van der Waals surface area contributed by atoms with Crippen LogP contribution in [0.5, 0.6) is 0 Å². The van der Waals surface area contributed by atoms with Crippen molar-refractivity contribution in [2.45, 2.75) is 40.3 Å². The first-order valence-corrected chi connectivity index (χ1v) is 6.96. The number of halogens is 1. The van der Waals surface area contributed by atoms with Crippen LogP contribution >= 0.6 is 11.6 Å². The van der Waals surface area contributed by atoms with Crippen molar-refractivity contribution < 1.29 is 4.42 Å². The van der Waals surface area contributed by atoms with Gasteiger partial charge in [0.05, 0.1) is 23.5 Å². The van der Waals surface area contributed by atoms with Crippen LogP contribution in [0.25, 0.3) is 0 Å². The summed E-state index contributed by atoms with van der Waals surface area (Å²) in [5, 5.41) is 8.30. The molecule has 0 bridgehead atoms. The molecule has 0 saturated carbocycles. The molecule has 2 aromatic rings. The maximum Gasteiger partial charge on any atom is 0.125 e. The molecule has 2 rings (SSSR count). The van der Waals surface area contributed by atoms with Gasteiger partial charge in [0.1, 0.15) is 11.5 Å². The summed E-state index contributed by atoms with van der Waals surface area (Å²) in [6.45, 7) is 8.60. The Hall–Kier alpha value is -1.26. The van der Waals surface area contributed by atoms with Gasteiger partial charge in [0.15, 0.2) is 0 Å². The average molecular weight is 282 g/mol. The van der Waals surface area contributed by atoms with Gasteiger partial charge in [0, 0.05) is 12.1 Å². The van der Waals surface area contributed by atoms with E-state index in [4.69, 9.17) is 16.0 Å². The molecule has 5 heteroatoms. The number of furan rings is 1. The van der Waals surface area contributed by atoms with Gasteiger partial charge in [-0.2, -0.15) is 5.10 Å². The first-order valence-electron chi connectivity index (χ1n) is 6.58. The molecular formula is C14H20ClN3O. The number of hydrogen-bond donors (Lipinski definition) is 1. The van der Waals surface area contributed by atoms with Crippen LogP contribution in [-0.4, -0.2) is 16.3 Å². The predicted octanol–water partition coefficient (Wildman–Crippen LogP) is 3.29. The molecule has 0 unspecified atom stereocenters. The summed E-state index contributed by atoms with van der Waals surface area (Å²) in [5.41, 5.74) is 2.17. The maximum absolute atomic E-state index is 5.99. The van der Waals surface area contributed by atoms with Gasteiger partial charge >= 0.3 is 0 Å². The molecule has 2 aromatic heterocycles. The van der Waals surface area contributed by atoms with E-state index < -0.39 is 0 Å². The Morgan fingerprint density at radius 2 is 2.21 bits per heavy atom. The van der Waals surface area contributed by atoms with E-state index >= 15 is 0 Å². The Balaban J connectivity index is 2.05. The lowest BCUT2D eigenvalue weighted by Gasteiger charge is -2.01. The molecule has 4 nitrogen and oxygen atoms in total. The highest BCUT2D eigenvalue weighted by atomic mass is 35.5. The van der Waals surface area contributed by atoms with Crippen LogP contribution < -0.4 is 5.32 Å². The minimum atomic E-state index is 0.618. The monoisotopic (exact) mass is 281 g/mol. The minimum absolute atomic E-state index is 0.618. The zero-order chi connectivity index (χ0) is 13.8. The van der Waals surface area contributed by atoms with Crippen LogP contribution in [0.2, 0.25) is 5.02 Å². The molecule has 2 heterocycles. The number of hydrogen-bond acceptors (Lipinski definition) is 3. The first kappa shape index (κ1) is 14.2.